The predicted molar refractivity (Wildman–Crippen MR) is 74.5 cm³/mol. The molecule has 2 rings (SSSR count). The van der Waals surface area contributed by atoms with Gasteiger partial charge in [0.1, 0.15) is 0 Å². The molecule has 0 atom stereocenters. The molecule has 17 heavy (non-hydrogen) atoms. The summed E-state index contributed by atoms with van der Waals surface area (Å²) in [5, 5.41) is 3.57. The molecule has 1 aromatic rings. The van der Waals surface area contributed by atoms with Crippen molar-refractivity contribution in [3.05, 3.63) is 35.4 Å². The minimum Gasteiger partial charge on any atom is -0.314 e. The first kappa shape index (κ1) is 12.6. The lowest BCUT2D eigenvalue weighted by Crippen LogP contribution is -2.17. The summed E-state index contributed by atoms with van der Waals surface area (Å²) in [6, 6.07) is 10.0. The van der Waals surface area contributed by atoms with E-state index in [2.05, 4.69) is 43.4 Å². The number of nitrogens with one attached hydrogen (secondary N) is 1. The summed E-state index contributed by atoms with van der Waals surface area (Å²) in [6.45, 7) is 5.70. The van der Waals surface area contributed by atoms with Crippen LogP contribution in [0.4, 0.5) is 0 Å². The number of hydrogen-bond donors (Lipinski definition) is 1. The van der Waals surface area contributed by atoms with Crippen LogP contribution in [0.25, 0.3) is 0 Å². The molecule has 0 saturated heterocycles. The highest BCUT2D eigenvalue weighted by Gasteiger charge is 2.19. The summed E-state index contributed by atoms with van der Waals surface area (Å²) < 4.78 is 0. The zero-order valence-corrected chi connectivity index (χ0v) is 11.2. The van der Waals surface area contributed by atoms with Crippen molar-refractivity contribution in [1.29, 1.82) is 0 Å². The first-order chi connectivity index (χ1) is 8.25. The Morgan fingerprint density at radius 1 is 1.12 bits per heavy atom. The fourth-order valence-electron chi connectivity index (χ4n) is 2.12. The Labute approximate surface area is 106 Å². The Morgan fingerprint density at radius 2 is 1.82 bits per heavy atom. The average Bonchev–Trinajstić information content (AvgIpc) is 3.13. The lowest BCUT2D eigenvalue weighted by Gasteiger charge is -2.07. The Balaban J connectivity index is 1.63. The van der Waals surface area contributed by atoms with Crippen LogP contribution in [-0.4, -0.2) is 12.6 Å². The van der Waals surface area contributed by atoms with Gasteiger partial charge in [-0.25, -0.2) is 0 Å². The second-order valence-electron chi connectivity index (χ2n) is 5.58. The van der Waals surface area contributed by atoms with Crippen molar-refractivity contribution in [3.63, 3.8) is 0 Å². The highest BCUT2D eigenvalue weighted by Crippen LogP contribution is 2.18. The number of benzene rings is 1. The molecule has 1 heteroatoms. The van der Waals surface area contributed by atoms with E-state index in [0.29, 0.717) is 5.92 Å². The highest BCUT2D eigenvalue weighted by molar-refractivity contribution is 5.24. The summed E-state index contributed by atoms with van der Waals surface area (Å²) in [6.07, 6.45) is 6.64. The summed E-state index contributed by atoms with van der Waals surface area (Å²) in [7, 11) is 0. The van der Waals surface area contributed by atoms with Crippen LogP contribution in [-0.2, 0) is 6.42 Å². The van der Waals surface area contributed by atoms with Crippen molar-refractivity contribution >= 4 is 0 Å². The fourth-order valence-corrected chi connectivity index (χ4v) is 2.12. The molecule has 1 aromatic carbocycles. The van der Waals surface area contributed by atoms with E-state index < -0.39 is 0 Å². The molecule has 1 nitrogen and oxygen atoms in total. The van der Waals surface area contributed by atoms with Crippen LogP contribution in [0.5, 0.6) is 0 Å². The highest BCUT2D eigenvalue weighted by atomic mass is 14.9. The third-order valence-corrected chi connectivity index (χ3v) is 3.55. The molecule has 1 aliphatic carbocycles. The van der Waals surface area contributed by atoms with E-state index in [1.165, 1.54) is 49.8 Å². The van der Waals surface area contributed by atoms with Crippen LogP contribution < -0.4 is 5.32 Å². The molecular formula is C16H25N. The van der Waals surface area contributed by atoms with Crippen molar-refractivity contribution in [3.8, 4) is 0 Å². The van der Waals surface area contributed by atoms with E-state index >= 15 is 0 Å². The molecule has 0 unspecified atom stereocenters. The number of aryl methyl sites for hydroxylation is 1. The molecule has 0 radical (unpaired) electrons. The lowest BCUT2D eigenvalue weighted by atomic mass is 10.00. The van der Waals surface area contributed by atoms with Crippen molar-refractivity contribution < 1.29 is 0 Å². The van der Waals surface area contributed by atoms with Gasteiger partial charge in [0.05, 0.1) is 0 Å². The Morgan fingerprint density at radius 3 is 2.41 bits per heavy atom. The standard InChI is InChI=1S/C16H25N/c1-13(2)15-8-6-14(7-9-15)5-3-4-12-17-16-10-11-16/h6-9,13,16-17H,3-5,10-12H2,1-2H3. The van der Waals surface area contributed by atoms with Gasteiger partial charge >= 0.3 is 0 Å². The third-order valence-electron chi connectivity index (χ3n) is 3.55. The average molecular weight is 231 g/mol. The summed E-state index contributed by atoms with van der Waals surface area (Å²) in [5.74, 6) is 0.645. The van der Waals surface area contributed by atoms with Gasteiger partial charge in [-0.2, -0.15) is 0 Å². The third kappa shape index (κ3) is 4.51. The van der Waals surface area contributed by atoms with Gasteiger partial charge in [-0.15, -0.1) is 0 Å². The molecule has 0 spiro atoms. The minimum absolute atomic E-state index is 0.645. The second kappa shape index (κ2) is 6.20. The fraction of sp³-hybridized carbons (Fsp3) is 0.625. The maximum atomic E-state index is 3.57. The molecule has 1 saturated carbocycles. The lowest BCUT2D eigenvalue weighted by molar-refractivity contribution is 0.620. The van der Waals surface area contributed by atoms with Gasteiger partial charge in [0, 0.05) is 6.04 Å². The van der Waals surface area contributed by atoms with Gasteiger partial charge in [0.2, 0.25) is 0 Å². The zero-order chi connectivity index (χ0) is 12.1. The molecule has 1 fully saturated rings. The van der Waals surface area contributed by atoms with Gasteiger partial charge in [0.25, 0.3) is 0 Å². The van der Waals surface area contributed by atoms with Crippen molar-refractivity contribution in [1.82, 2.24) is 5.32 Å². The molecule has 94 valence electrons. The van der Waals surface area contributed by atoms with Crippen molar-refractivity contribution in [2.45, 2.75) is 57.9 Å². The Hall–Kier alpha value is -0.820. The van der Waals surface area contributed by atoms with E-state index in [4.69, 9.17) is 0 Å². The molecule has 0 aliphatic heterocycles. The van der Waals surface area contributed by atoms with Crippen molar-refractivity contribution in [2.24, 2.45) is 0 Å². The second-order valence-corrected chi connectivity index (χ2v) is 5.58. The first-order valence-corrected chi connectivity index (χ1v) is 7.08. The molecule has 1 aliphatic rings. The van der Waals surface area contributed by atoms with E-state index in [9.17, 15) is 0 Å². The largest absolute Gasteiger partial charge is 0.314 e. The summed E-state index contributed by atoms with van der Waals surface area (Å²) >= 11 is 0. The van der Waals surface area contributed by atoms with Crippen LogP contribution in [0, 0.1) is 0 Å². The molecule has 1 N–H and O–H groups in total. The molecule has 0 heterocycles. The minimum atomic E-state index is 0.645. The molecule has 0 amide bonds. The van der Waals surface area contributed by atoms with Crippen LogP contribution in [0.3, 0.4) is 0 Å². The number of hydrogen-bond acceptors (Lipinski definition) is 1. The van der Waals surface area contributed by atoms with E-state index in [-0.39, 0.29) is 0 Å². The van der Waals surface area contributed by atoms with Crippen LogP contribution in [0.15, 0.2) is 24.3 Å². The van der Waals surface area contributed by atoms with Gasteiger partial charge in [-0.1, -0.05) is 38.1 Å². The zero-order valence-electron chi connectivity index (χ0n) is 11.2. The molecule has 0 bridgehead atoms. The van der Waals surface area contributed by atoms with Crippen LogP contribution in [0.2, 0.25) is 0 Å². The van der Waals surface area contributed by atoms with Crippen LogP contribution >= 0.6 is 0 Å². The summed E-state index contributed by atoms with van der Waals surface area (Å²) in [5.41, 5.74) is 2.94. The van der Waals surface area contributed by atoms with Gasteiger partial charge < -0.3 is 5.32 Å². The number of rotatable bonds is 7. The van der Waals surface area contributed by atoms with Crippen molar-refractivity contribution in [2.75, 3.05) is 6.54 Å². The van der Waals surface area contributed by atoms with Gasteiger partial charge in [-0.3, -0.25) is 0 Å². The van der Waals surface area contributed by atoms with E-state index in [0.717, 1.165) is 6.04 Å². The Kier molecular flexibility index (Phi) is 4.61. The molecular weight excluding hydrogens is 206 g/mol. The SMILES string of the molecule is CC(C)c1ccc(CCCCNC2CC2)cc1. The quantitative estimate of drug-likeness (QED) is 0.702. The monoisotopic (exact) mass is 231 g/mol. The summed E-state index contributed by atoms with van der Waals surface area (Å²) in [4.78, 5) is 0. The maximum absolute atomic E-state index is 3.57. The Bertz CT molecular complexity index is 322. The normalized spacial score (nSPS) is 15.5. The first-order valence-electron chi connectivity index (χ1n) is 7.08. The predicted octanol–water partition coefficient (Wildman–Crippen LogP) is 3.88. The van der Waals surface area contributed by atoms with E-state index in [1.807, 2.05) is 0 Å². The smallest absolute Gasteiger partial charge is 0.00682 e. The molecule has 0 aromatic heterocycles. The van der Waals surface area contributed by atoms with Gasteiger partial charge in [0.15, 0.2) is 0 Å². The van der Waals surface area contributed by atoms with E-state index in [1.54, 1.807) is 0 Å². The van der Waals surface area contributed by atoms with Gasteiger partial charge in [-0.05, 0) is 55.7 Å². The van der Waals surface area contributed by atoms with Crippen LogP contribution in [0.1, 0.15) is 56.6 Å². The topological polar surface area (TPSA) is 12.0 Å². The number of unbranched alkanes of at least 4 members (excludes halogenated alkanes) is 1. The maximum Gasteiger partial charge on any atom is 0.00682 e.